The molecule has 0 spiro atoms. The summed E-state index contributed by atoms with van der Waals surface area (Å²) in [6, 6.07) is 5.08. The number of ether oxygens (including phenoxy) is 1. The molecule has 1 aliphatic rings. The van der Waals surface area contributed by atoms with Gasteiger partial charge in [-0.25, -0.2) is 0 Å². The lowest BCUT2D eigenvalue weighted by Gasteiger charge is -2.29. The van der Waals surface area contributed by atoms with Gasteiger partial charge in [0.1, 0.15) is 5.69 Å². The first-order chi connectivity index (χ1) is 7.31. The van der Waals surface area contributed by atoms with Gasteiger partial charge in [-0.2, -0.15) is 0 Å². The molecule has 1 heterocycles. The molecule has 0 aliphatic carbocycles. The monoisotopic (exact) mass is 226 g/mol. The van der Waals surface area contributed by atoms with Gasteiger partial charge in [-0.15, -0.1) is 4.91 Å². The summed E-state index contributed by atoms with van der Waals surface area (Å²) in [5.41, 5.74) is 1.30. The average molecular weight is 227 g/mol. The standard InChI is InChI=1S/C10H11ClN2O2/c11-9-7-8(12-14)1-2-10(9)13-3-5-15-6-4-13/h1-2,7H,3-6H2. The fraction of sp³-hybridized carbons (Fsp3) is 0.400. The molecule has 0 radical (unpaired) electrons. The number of hydrogen-bond donors (Lipinski definition) is 0. The van der Waals surface area contributed by atoms with Crippen LogP contribution in [0.4, 0.5) is 11.4 Å². The van der Waals surface area contributed by atoms with E-state index in [1.54, 1.807) is 12.1 Å². The summed E-state index contributed by atoms with van der Waals surface area (Å²) in [4.78, 5) is 12.4. The van der Waals surface area contributed by atoms with Crippen LogP contribution in [0.3, 0.4) is 0 Å². The van der Waals surface area contributed by atoms with Gasteiger partial charge in [-0.1, -0.05) is 11.6 Å². The summed E-state index contributed by atoms with van der Waals surface area (Å²) in [7, 11) is 0. The molecular weight excluding hydrogens is 216 g/mol. The molecule has 4 nitrogen and oxygen atoms in total. The van der Waals surface area contributed by atoms with Crippen LogP contribution in [-0.2, 0) is 4.74 Å². The van der Waals surface area contributed by atoms with Gasteiger partial charge in [0.25, 0.3) is 0 Å². The van der Waals surface area contributed by atoms with Gasteiger partial charge in [-0.05, 0) is 23.4 Å². The molecule has 0 saturated carbocycles. The van der Waals surface area contributed by atoms with E-state index in [2.05, 4.69) is 10.1 Å². The summed E-state index contributed by atoms with van der Waals surface area (Å²) in [5, 5.41) is 3.40. The summed E-state index contributed by atoms with van der Waals surface area (Å²) >= 11 is 6.06. The van der Waals surface area contributed by atoms with Crippen molar-refractivity contribution in [3.63, 3.8) is 0 Å². The molecule has 1 saturated heterocycles. The van der Waals surface area contributed by atoms with Crippen molar-refractivity contribution in [3.8, 4) is 0 Å². The predicted molar refractivity (Wildman–Crippen MR) is 59.9 cm³/mol. The molecule has 0 bridgehead atoms. The molecule has 2 rings (SSSR count). The van der Waals surface area contributed by atoms with Gasteiger partial charge in [0.2, 0.25) is 0 Å². The van der Waals surface area contributed by atoms with Crippen LogP contribution >= 0.6 is 11.6 Å². The fourth-order valence-corrected chi connectivity index (χ4v) is 1.91. The highest BCUT2D eigenvalue weighted by Gasteiger charge is 2.14. The Bertz CT molecular complexity index is 364. The van der Waals surface area contributed by atoms with E-state index in [9.17, 15) is 4.91 Å². The Balaban J connectivity index is 2.23. The largest absolute Gasteiger partial charge is 0.378 e. The van der Waals surface area contributed by atoms with Crippen molar-refractivity contribution in [1.29, 1.82) is 0 Å². The van der Waals surface area contributed by atoms with Crippen molar-refractivity contribution in [2.45, 2.75) is 0 Å². The third kappa shape index (κ3) is 2.27. The minimum absolute atomic E-state index is 0.358. The van der Waals surface area contributed by atoms with E-state index in [0.717, 1.165) is 18.8 Å². The van der Waals surface area contributed by atoms with E-state index in [0.29, 0.717) is 23.9 Å². The second-order valence-corrected chi connectivity index (χ2v) is 3.73. The lowest BCUT2D eigenvalue weighted by molar-refractivity contribution is 0.122. The number of anilines is 1. The van der Waals surface area contributed by atoms with Crippen LogP contribution in [0, 0.1) is 4.91 Å². The Labute approximate surface area is 92.8 Å². The van der Waals surface area contributed by atoms with E-state index in [4.69, 9.17) is 16.3 Å². The molecule has 15 heavy (non-hydrogen) atoms. The first-order valence-corrected chi connectivity index (χ1v) is 5.14. The van der Waals surface area contributed by atoms with Crippen molar-refractivity contribution in [2.75, 3.05) is 31.2 Å². The number of morpholine rings is 1. The zero-order chi connectivity index (χ0) is 10.7. The number of hydrogen-bond acceptors (Lipinski definition) is 4. The lowest BCUT2D eigenvalue weighted by Crippen LogP contribution is -2.36. The Morgan fingerprint density at radius 3 is 2.67 bits per heavy atom. The summed E-state index contributed by atoms with van der Waals surface area (Å²) < 4.78 is 5.25. The van der Waals surface area contributed by atoms with Crippen LogP contribution in [-0.4, -0.2) is 26.3 Å². The van der Waals surface area contributed by atoms with Crippen molar-refractivity contribution < 1.29 is 4.74 Å². The van der Waals surface area contributed by atoms with Crippen LogP contribution < -0.4 is 4.90 Å². The minimum Gasteiger partial charge on any atom is -0.378 e. The Kier molecular flexibility index (Phi) is 3.18. The minimum atomic E-state index is 0.358. The van der Waals surface area contributed by atoms with Crippen LogP contribution in [0.1, 0.15) is 0 Å². The van der Waals surface area contributed by atoms with Gasteiger partial charge in [-0.3, -0.25) is 0 Å². The fourth-order valence-electron chi connectivity index (χ4n) is 1.61. The molecule has 0 unspecified atom stereocenters. The summed E-state index contributed by atoms with van der Waals surface area (Å²) in [6.45, 7) is 3.08. The average Bonchev–Trinajstić information content (AvgIpc) is 2.30. The zero-order valence-electron chi connectivity index (χ0n) is 8.15. The molecule has 5 heteroatoms. The predicted octanol–water partition coefficient (Wildman–Crippen LogP) is 2.57. The summed E-state index contributed by atoms with van der Waals surface area (Å²) in [6.07, 6.45) is 0. The molecule has 1 aromatic carbocycles. The van der Waals surface area contributed by atoms with Gasteiger partial charge >= 0.3 is 0 Å². The van der Waals surface area contributed by atoms with E-state index in [-0.39, 0.29) is 0 Å². The van der Waals surface area contributed by atoms with E-state index in [1.165, 1.54) is 0 Å². The van der Waals surface area contributed by atoms with Gasteiger partial charge in [0, 0.05) is 13.1 Å². The molecule has 1 fully saturated rings. The number of nitrogens with zero attached hydrogens (tertiary/aromatic N) is 2. The third-order valence-corrected chi connectivity index (χ3v) is 2.69. The Hall–Kier alpha value is -1.13. The number of benzene rings is 1. The SMILES string of the molecule is O=Nc1ccc(N2CCOCC2)c(Cl)c1. The zero-order valence-corrected chi connectivity index (χ0v) is 8.91. The second kappa shape index (κ2) is 4.59. The topological polar surface area (TPSA) is 41.9 Å². The molecule has 0 amide bonds. The van der Waals surface area contributed by atoms with Gasteiger partial charge in [0.05, 0.1) is 23.9 Å². The molecule has 0 atom stereocenters. The van der Waals surface area contributed by atoms with Crippen LogP contribution in [0.2, 0.25) is 5.02 Å². The molecular formula is C10H11ClN2O2. The maximum absolute atomic E-state index is 10.3. The smallest absolute Gasteiger partial charge is 0.109 e. The lowest BCUT2D eigenvalue weighted by atomic mass is 10.2. The number of halogens is 1. The van der Waals surface area contributed by atoms with Crippen molar-refractivity contribution in [1.82, 2.24) is 0 Å². The van der Waals surface area contributed by atoms with E-state index >= 15 is 0 Å². The van der Waals surface area contributed by atoms with E-state index < -0.39 is 0 Å². The van der Waals surface area contributed by atoms with Crippen molar-refractivity contribution >= 4 is 23.0 Å². The number of rotatable bonds is 2. The third-order valence-electron chi connectivity index (χ3n) is 2.39. The summed E-state index contributed by atoms with van der Waals surface area (Å²) in [5.74, 6) is 0. The molecule has 1 aliphatic heterocycles. The number of nitroso groups, excluding NO2 is 1. The first-order valence-electron chi connectivity index (χ1n) is 4.77. The van der Waals surface area contributed by atoms with Crippen LogP contribution in [0.25, 0.3) is 0 Å². The van der Waals surface area contributed by atoms with Gasteiger partial charge < -0.3 is 9.64 Å². The maximum atomic E-state index is 10.3. The molecule has 1 aromatic rings. The highest BCUT2D eigenvalue weighted by Crippen LogP contribution is 2.30. The Morgan fingerprint density at radius 1 is 1.33 bits per heavy atom. The van der Waals surface area contributed by atoms with Crippen LogP contribution in [0.15, 0.2) is 23.4 Å². The van der Waals surface area contributed by atoms with Gasteiger partial charge in [0.15, 0.2) is 0 Å². The normalized spacial score (nSPS) is 16.5. The first kappa shape index (κ1) is 10.4. The highest BCUT2D eigenvalue weighted by molar-refractivity contribution is 6.33. The quantitative estimate of drug-likeness (QED) is 0.728. The molecule has 80 valence electrons. The maximum Gasteiger partial charge on any atom is 0.109 e. The van der Waals surface area contributed by atoms with E-state index in [1.807, 2.05) is 6.07 Å². The Morgan fingerprint density at radius 2 is 2.07 bits per heavy atom. The second-order valence-electron chi connectivity index (χ2n) is 3.33. The molecule has 0 N–H and O–H groups in total. The highest BCUT2D eigenvalue weighted by atomic mass is 35.5. The molecule has 0 aromatic heterocycles. The van der Waals surface area contributed by atoms with Crippen molar-refractivity contribution in [2.24, 2.45) is 5.18 Å². The van der Waals surface area contributed by atoms with Crippen molar-refractivity contribution in [3.05, 3.63) is 28.1 Å². The van der Waals surface area contributed by atoms with Crippen LogP contribution in [0.5, 0.6) is 0 Å².